The largest absolute Gasteiger partial charge is 0.479 e. The van der Waals surface area contributed by atoms with Gasteiger partial charge in [-0.3, -0.25) is 9.36 Å². The molecule has 0 N–H and O–H groups in total. The molecule has 0 saturated carbocycles. The topological polar surface area (TPSA) is 93.7 Å². The van der Waals surface area contributed by atoms with Gasteiger partial charge in [-0.15, -0.1) is 11.3 Å². The highest BCUT2D eigenvalue weighted by atomic mass is 32.1. The van der Waals surface area contributed by atoms with E-state index in [4.69, 9.17) is 19.7 Å². The number of hydrogen-bond acceptors (Lipinski definition) is 8. The molecule has 0 saturated heterocycles. The van der Waals surface area contributed by atoms with E-state index in [0.717, 1.165) is 16.0 Å². The molecular weight excluding hydrogens is 506 g/mol. The van der Waals surface area contributed by atoms with Crippen LogP contribution >= 0.6 is 22.7 Å². The Morgan fingerprint density at radius 1 is 1.14 bits per heavy atom. The minimum Gasteiger partial charge on any atom is -0.479 e. The summed E-state index contributed by atoms with van der Waals surface area (Å²) in [7, 11) is 0. The summed E-state index contributed by atoms with van der Waals surface area (Å²) in [6.07, 6.45) is 1.79. The van der Waals surface area contributed by atoms with Crippen molar-refractivity contribution < 1.29 is 14.3 Å². The van der Waals surface area contributed by atoms with E-state index < -0.39 is 12.0 Å². The molecule has 1 aliphatic heterocycles. The minimum atomic E-state index is -0.658. The van der Waals surface area contributed by atoms with E-state index in [1.54, 1.807) is 29.7 Å². The Balaban J connectivity index is 1.71. The number of nitriles is 1. The summed E-state index contributed by atoms with van der Waals surface area (Å²) in [5.41, 5.74) is 2.19. The summed E-state index contributed by atoms with van der Waals surface area (Å²) in [4.78, 5) is 33.3. The number of carbonyl (C=O) groups is 1. The van der Waals surface area contributed by atoms with E-state index in [9.17, 15) is 9.59 Å². The lowest BCUT2D eigenvalue weighted by Crippen LogP contribution is -2.39. The number of thiophene rings is 1. The fraction of sp³-hybridized carbons (Fsp3) is 0.143. The predicted molar refractivity (Wildman–Crippen MR) is 143 cm³/mol. The third-order valence-electron chi connectivity index (χ3n) is 5.67. The van der Waals surface area contributed by atoms with Crippen LogP contribution < -0.4 is 19.6 Å². The van der Waals surface area contributed by atoms with Crippen LogP contribution in [-0.4, -0.2) is 23.8 Å². The van der Waals surface area contributed by atoms with Crippen LogP contribution in [0.1, 0.15) is 29.0 Å². The van der Waals surface area contributed by atoms with Crippen molar-refractivity contribution in [1.29, 1.82) is 5.26 Å². The third-order valence-corrected chi connectivity index (χ3v) is 7.58. The second-order valence-electron chi connectivity index (χ2n) is 7.96. The van der Waals surface area contributed by atoms with Crippen molar-refractivity contribution in [3.8, 4) is 11.8 Å². The molecule has 184 valence electrons. The van der Waals surface area contributed by atoms with Crippen molar-refractivity contribution in [2.45, 2.75) is 13.0 Å². The van der Waals surface area contributed by atoms with Gasteiger partial charge in [0.15, 0.2) is 11.4 Å². The van der Waals surface area contributed by atoms with Crippen molar-refractivity contribution in [2.75, 3.05) is 13.2 Å². The van der Waals surface area contributed by atoms with Gasteiger partial charge in [0.2, 0.25) is 0 Å². The van der Waals surface area contributed by atoms with E-state index in [0.29, 0.717) is 26.4 Å². The molecule has 1 atom stereocenters. The van der Waals surface area contributed by atoms with Crippen LogP contribution in [0, 0.1) is 11.3 Å². The van der Waals surface area contributed by atoms with E-state index in [1.165, 1.54) is 22.7 Å². The maximum atomic E-state index is 13.8. The van der Waals surface area contributed by atoms with E-state index >= 15 is 0 Å². The highest BCUT2D eigenvalue weighted by Gasteiger charge is 2.35. The van der Waals surface area contributed by atoms with Crippen LogP contribution in [0.2, 0.25) is 0 Å². The molecule has 0 spiro atoms. The fourth-order valence-corrected chi connectivity index (χ4v) is 5.91. The van der Waals surface area contributed by atoms with Crippen molar-refractivity contribution in [3.63, 3.8) is 0 Å². The van der Waals surface area contributed by atoms with Gasteiger partial charge < -0.3 is 9.47 Å². The summed E-state index contributed by atoms with van der Waals surface area (Å²) < 4.78 is 12.8. The quantitative estimate of drug-likeness (QED) is 0.340. The highest BCUT2D eigenvalue weighted by Crippen LogP contribution is 2.36. The lowest BCUT2D eigenvalue weighted by molar-refractivity contribution is -0.138. The number of esters is 1. The molecule has 2 aromatic carbocycles. The maximum Gasteiger partial charge on any atom is 0.338 e. The average molecular weight is 528 g/mol. The SMILES string of the molecule is CCOC(=O)C1=C(c2ccccc2)N=c2s/c(=C\c3ccc(OCC#N)cc3)c(=O)n2[C@H]1c1cccs1. The maximum absolute atomic E-state index is 13.8. The average Bonchev–Trinajstić information content (AvgIpc) is 3.56. The summed E-state index contributed by atoms with van der Waals surface area (Å²) in [5.74, 6) is 0.0789. The van der Waals surface area contributed by atoms with E-state index in [-0.39, 0.29) is 18.8 Å². The van der Waals surface area contributed by atoms with Gasteiger partial charge in [0.25, 0.3) is 5.56 Å². The molecule has 4 aromatic rings. The lowest BCUT2D eigenvalue weighted by atomic mass is 9.97. The highest BCUT2D eigenvalue weighted by molar-refractivity contribution is 7.10. The smallest absolute Gasteiger partial charge is 0.338 e. The van der Waals surface area contributed by atoms with Gasteiger partial charge in [-0.1, -0.05) is 59.9 Å². The lowest BCUT2D eigenvalue weighted by Gasteiger charge is -2.24. The first kappa shape index (κ1) is 24.4. The van der Waals surface area contributed by atoms with Gasteiger partial charge in [-0.25, -0.2) is 9.79 Å². The number of fused-ring (bicyclic) bond motifs is 1. The number of carbonyl (C=O) groups excluding carboxylic acids is 1. The number of nitrogens with zero attached hydrogens (tertiary/aromatic N) is 3. The van der Waals surface area contributed by atoms with Crippen molar-refractivity contribution >= 4 is 40.4 Å². The zero-order valence-electron chi connectivity index (χ0n) is 19.8. The molecule has 9 heteroatoms. The second-order valence-corrected chi connectivity index (χ2v) is 9.95. The summed E-state index contributed by atoms with van der Waals surface area (Å²) in [5, 5.41) is 10.6. The molecule has 0 unspecified atom stereocenters. The standard InChI is InChI=1S/C28H21N3O4S2/c1-2-34-27(33)23-24(19-7-4-3-5-8-19)30-28-31(25(23)21-9-6-16-36-21)26(32)22(37-28)17-18-10-12-20(13-11-18)35-15-14-29/h3-13,16-17,25H,2,15H2,1H3/b22-17-/t25-/m0/s1. The number of rotatable bonds is 7. The molecule has 0 amide bonds. The number of thiazole rings is 1. The molecule has 0 radical (unpaired) electrons. The molecule has 2 aromatic heterocycles. The second kappa shape index (κ2) is 10.8. The zero-order valence-corrected chi connectivity index (χ0v) is 21.4. The number of hydrogen-bond donors (Lipinski definition) is 0. The molecular formula is C28H21N3O4S2. The van der Waals surface area contributed by atoms with Crippen LogP contribution in [0.15, 0.2) is 87.5 Å². The monoisotopic (exact) mass is 527 g/mol. The van der Waals surface area contributed by atoms with Gasteiger partial charge in [0.05, 0.1) is 22.4 Å². The van der Waals surface area contributed by atoms with Gasteiger partial charge in [0.1, 0.15) is 17.9 Å². The zero-order chi connectivity index (χ0) is 25.8. The molecule has 1 aliphatic rings. The number of ether oxygens (including phenoxy) is 2. The summed E-state index contributed by atoms with van der Waals surface area (Å²) >= 11 is 2.75. The Morgan fingerprint density at radius 3 is 2.59 bits per heavy atom. The molecule has 0 aliphatic carbocycles. The molecule has 3 heterocycles. The van der Waals surface area contributed by atoms with Gasteiger partial charge in [-0.2, -0.15) is 5.26 Å². The Kier molecular flexibility index (Phi) is 7.12. The van der Waals surface area contributed by atoms with Crippen molar-refractivity contribution in [2.24, 2.45) is 4.99 Å². The first-order valence-electron chi connectivity index (χ1n) is 11.5. The first-order valence-corrected chi connectivity index (χ1v) is 13.2. The van der Waals surface area contributed by atoms with Gasteiger partial charge in [0, 0.05) is 10.4 Å². The molecule has 7 nitrogen and oxygen atoms in total. The van der Waals surface area contributed by atoms with Crippen LogP contribution in [0.25, 0.3) is 11.8 Å². The van der Waals surface area contributed by atoms with Crippen LogP contribution in [0.3, 0.4) is 0 Å². The van der Waals surface area contributed by atoms with Crippen molar-refractivity contribution in [3.05, 3.63) is 113 Å². The fourth-order valence-electron chi connectivity index (χ4n) is 4.08. The molecule has 37 heavy (non-hydrogen) atoms. The Labute approximate surface area is 220 Å². The van der Waals surface area contributed by atoms with E-state index in [1.807, 2.05) is 66.0 Å². The van der Waals surface area contributed by atoms with E-state index in [2.05, 4.69) is 0 Å². The van der Waals surface area contributed by atoms with Crippen molar-refractivity contribution in [1.82, 2.24) is 4.57 Å². The Hall–Kier alpha value is -4.26. The molecule has 5 rings (SSSR count). The first-order chi connectivity index (χ1) is 18.1. The Bertz CT molecular complexity index is 1680. The van der Waals surface area contributed by atoms with Gasteiger partial charge in [-0.05, 0) is 42.1 Å². The summed E-state index contributed by atoms with van der Waals surface area (Å²) in [6.45, 7) is 1.93. The molecule has 0 bridgehead atoms. The van der Waals surface area contributed by atoms with Crippen LogP contribution in [0.4, 0.5) is 0 Å². The predicted octanol–water partition coefficient (Wildman–Crippen LogP) is 3.90. The van der Waals surface area contributed by atoms with Crippen LogP contribution in [-0.2, 0) is 9.53 Å². The molecule has 0 fully saturated rings. The number of benzene rings is 2. The van der Waals surface area contributed by atoms with Gasteiger partial charge >= 0.3 is 5.97 Å². The Morgan fingerprint density at radius 2 is 1.92 bits per heavy atom. The minimum absolute atomic E-state index is 0.0345. The third kappa shape index (κ3) is 4.89. The summed E-state index contributed by atoms with van der Waals surface area (Å²) in [6, 6.07) is 21.7. The van der Waals surface area contributed by atoms with Crippen LogP contribution in [0.5, 0.6) is 5.75 Å². The normalized spacial score (nSPS) is 15.0. The number of aromatic nitrogens is 1.